The summed E-state index contributed by atoms with van der Waals surface area (Å²) in [6, 6.07) is 13.8. The number of amides is 2. The van der Waals surface area contributed by atoms with Gasteiger partial charge in [-0.15, -0.1) is 0 Å². The van der Waals surface area contributed by atoms with Crippen molar-refractivity contribution in [2.24, 2.45) is 0 Å². The van der Waals surface area contributed by atoms with E-state index in [0.29, 0.717) is 13.1 Å². The van der Waals surface area contributed by atoms with Crippen LogP contribution in [0.15, 0.2) is 42.5 Å². The Labute approximate surface area is 160 Å². The van der Waals surface area contributed by atoms with Crippen LogP contribution in [0.2, 0.25) is 0 Å². The van der Waals surface area contributed by atoms with E-state index in [-0.39, 0.29) is 30.8 Å². The number of nitrogens with one attached hydrogen (secondary N) is 1. The summed E-state index contributed by atoms with van der Waals surface area (Å²) in [7, 11) is 0. The van der Waals surface area contributed by atoms with Gasteiger partial charge < -0.3 is 15.0 Å². The molecule has 0 bridgehead atoms. The molecule has 1 N–H and O–H groups in total. The molecule has 1 aliphatic rings. The van der Waals surface area contributed by atoms with Crippen molar-refractivity contribution >= 4 is 17.5 Å². The first kappa shape index (κ1) is 19.0. The summed E-state index contributed by atoms with van der Waals surface area (Å²) in [6.07, 6.45) is 0.288. The van der Waals surface area contributed by atoms with Crippen LogP contribution in [0.4, 0.5) is 5.69 Å². The van der Waals surface area contributed by atoms with Crippen LogP contribution in [0.5, 0.6) is 5.75 Å². The van der Waals surface area contributed by atoms with Crippen molar-refractivity contribution in [3.05, 3.63) is 59.2 Å². The summed E-state index contributed by atoms with van der Waals surface area (Å²) in [4.78, 5) is 26.7. The van der Waals surface area contributed by atoms with E-state index in [1.54, 1.807) is 4.90 Å². The summed E-state index contributed by atoms with van der Waals surface area (Å²) in [5.41, 5.74) is 4.09. The van der Waals surface area contributed by atoms with Crippen LogP contribution in [-0.2, 0) is 16.1 Å². The molecule has 0 spiro atoms. The maximum absolute atomic E-state index is 12.7. The van der Waals surface area contributed by atoms with E-state index in [1.165, 1.54) is 0 Å². The summed E-state index contributed by atoms with van der Waals surface area (Å²) in [5.74, 6) is 0.553. The molecule has 0 radical (unpaired) electrons. The van der Waals surface area contributed by atoms with Gasteiger partial charge in [0.2, 0.25) is 11.8 Å². The third-order valence-corrected chi connectivity index (χ3v) is 4.78. The van der Waals surface area contributed by atoms with E-state index in [2.05, 4.69) is 5.32 Å². The molecule has 1 unspecified atom stereocenters. The molecule has 1 heterocycles. The van der Waals surface area contributed by atoms with E-state index >= 15 is 0 Å². The fraction of sp³-hybridized carbons (Fsp3) is 0.364. The van der Waals surface area contributed by atoms with Gasteiger partial charge in [-0.3, -0.25) is 9.59 Å². The van der Waals surface area contributed by atoms with Gasteiger partial charge in [-0.1, -0.05) is 30.3 Å². The second-order valence-corrected chi connectivity index (χ2v) is 7.11. The van der Waals surface area contributed by atoms with Crippen molar-refractivity contribution < 1.29 is 14.3 Å². The number of ether oxygens (including phenoxy) is 1. The molecule has 2 aromatic rings. The lowest BCUT2D eigenvalue weighted by Gasteiger charge is -2.33. The number of carbonyl (C=O) groups excluding carboxylic acids is 2. The molecular formula is C22H26N2O3. The molecule has 5 heteroatoms. The fourth-order valence-corrected chi connectivity index (χ4v) is 3.23. The van der Waals surface area contributed by atoms with Crippen molar-refractivity contribution in [3.8, 4) is 5.75 Å². The van der Waals surface area contributed by atoms with Crippen LogP contribution >= 0.6 is 0 Å². The van der Waals surface area contributed by atoms with Gasteiger partial charge in [-0.05, 0) is 49.6 Å². The summed E-state index contributed by atoms with van der Waals surface area (Å²) < 4.78 is 5.82. The quantitative estimate of drug-likeness (QED) is 0.881. The SMILES string of the molecule is Cc1ccc2c(c1)N(C(=O)CCC(=O)NCc1ccccc1C)CC(C)O2. The Kier molecular flexibility index (Phi) is 5.79. The van der Waals surface area contributed by atoms with Crippen LogP contribution in [-0.4, -0.2) is 24.5 Å². The highest BCUT2D eigenvalue weighted by molar-refractivity contribution is 5.97. The largest absolute Gasteiger partial charge is 0.487 e. The maximum Gasteiger partial charge on any atom is 0.227 e. The molecule has 3 rings (SSSR count). The third kappa shape index (κ3) is 4.67. The molecule has 2 aromatic carbocycles. The minimum absolute atomic E-state index is 0.0527. The second-order valence-electron chi connectivity index (χ2n) is 7.11. The first-order valence-corrected chi connectivity index (χ1v) is 9.33. The first-order chi connectivity index (χ1) is 12.9. The van der Waals surface area contributed by atoms with Crippen molar-refractivity contribution in [1.29, 1.82) is 0 Å². The molecule has 2 amide bonds. The van der Waals surface area contributed by atoms with Crippen molar-refractivity contribution in [3.63, 3.8) is 0 Å². The van der Waals surface area contributed by atoms with Gasteiger partial charge in [0.05, 0.1) is 12.2 Å². The number of carbonyl (C=O) groups is 2. The molecule has 27 heavy (non-hydrogen) atoms. The lowest BCUT2D eigenvalue weighted by molar-refractivity contribution is -0.125. The summed E-state index contributed by atoms with van der Waals surface area (Å²) in [5, 5.41) is 2.90. The van der Waals surface area contributed by atoms with Gasteiger partial charge in [-0.25, -0.2) is 0 Å². The normalized spacial score (nSPS) is 15.7. The van der Waals surface area contributed by atoms with Gasteiger partial charge in [-0.2, -0.15) is 0 Å². The standard InChI is InChI=1S/C22H26N2O3/c1-15-8-9-20-19(12-15)24(14-17(3)27-20)22(26)11-10-21(25)23-13-18-7-5-4-6-16(18)2/h4-9,12,17H,10-11,13-14H2,1-3H3,(H,23,25). The predicted octanol–water partition coefficient (Wildman–Crippen LogP) is 3.51. The third-order valence-electron chi connectivity index (χ3n) is 4.78. The van der Waals surface area contributed by atoms with Crippen LogP contribution in [0.1, 0.15) is 36.5 Å². The lowest BCUT2D eigenvalue weighted by Crippen LogP contribution is -2.42. The minimum atomic E-state index is -0.114. The fourth-order valence-electron chi connectivity index (χ4n) is 3.23. The number of anilines is 1. The Bertz CT molecular complexity index is 847. The van der Waals surface area contributed by atoms with E-state index in [0.717, 1.165) is 28.1 Å². The van der Waals surface area contributed by atoms with Crippen LogP contribution in [0.3, 0.4) is 0 Å². The number of hydrogen-bond acceptors (Lipinski definition) is 3. The monoisotopic (exact) mass is 366 g/mol. The zero-order valence-electron chi connectivity index (χ0n) is 16.1. The highest BCUT2D eigenvalue weighted by atomic mass is 16.5. The molecule has 0 fully saturated rings. The molecule has 1 aliphatic heterocycles. The topological polar surface area (TPSA) is 58.6 Å². The van der Waals surface area contributed by atoms with Crippen LogP contribution in [0.25, 0.3) is 0 Å². The number of rotatable bonds is 5. The van der Waals surface area contributed by atoms with Gasteiger partial charge >= 0.3 is 0 Å². The van der Waals surface area contributed by atoms with E-state index < -0.39 is 0 Å². The first-order valence-electron chi connectivity index (χ1n) is 9.33. The zero-order chi connectivity index (χ0) is 19.4. The molecule has 0 saturated heterocycles. The predicted molar refractivity (Wildman–Crippen MR) is 106 cm³/mol. The van der Waals surface area contributed by atoms with Crippen LogP contribution < -0.4 is 15.0 Å². The number of aryl methyl sites for hydroxylation is 2. The Morgan fingerprint density at radius 1 is 1.15 bits per heavy atom. The zero-order valence-corrected chi connectivity index (χ0v) is 16.1. The average molecular weight is 366 g/mol. The molecule has 0 aliphatic carbocycles. The molecule has 1 atom stereocenters. The summed E-state index contributed by atoms with van der Waals surface area (Å²) in [6.45, 7) is 6.93. The Morgan fingerprint density at radius 2 is 1.93 bits per heavy atom. The van der Waals surface area contributed by atoms with Crippen molar-refractivity contribution in [1.82, 2.24) is 5.32 Å². The Balaban J connectivity index is 1.57. The average Bonchev–Trinajstić information content (AvgIpc) is 2.65. The minimum Gasteiger partial charge on any atom is -0.487 e. The highest BCUT2D eigenvalue weighted by Gasteiger charge is 2.27. The molecule has 5 nitrogen and oxygen atoms in total. The van der Waals surface area contributed by atoms with E-state index in [1.807, 2.05) is 63.2 Å². The Morgan fingerprint density at radius 3 is 2.70 bits per heavy atom. The molecule has 0 saturated carbocycles. The van der Waals surface area contributed by atoms with Crippen molar-refractivity contribution in [2.45, 2.75) is 46.3 Å². The van der Waals surface area contributed by atoms with Gasteiger partial charge in [0.1, 0.15) is 11.9 Å². The lowest BCUT2D eigenvalue weighted by atomic mass is 10.1. The number of benzene rings is 2. The smallest absolute Gasteiger partial charge is 0.227 e. The number of hydrogen-bond donors (Lipinski definition) is 1. The number of fused-ring (bicyclic) bond motifs is 1. The van der Waals surface area contributed by atoms with Gasteiger partial charge in [0, 0.05) is 19.4 Å². The van der Waals surface area contributed by atoms with E-state index in [4.69, 9.17) is 4.74 Å². The second kappa shape index (κ2) is 8.25. The van der Waals surface area contributed by atoms with Crippen LogP contribution in [0, 0.1) is 13.8 Å². The van der Waals surface area contributed by atoms with Gasteiger partial charge in [0.15, 0.2) is 0 Å². The van der Waals surface area contributed by atoms with E-state index in [9.17, 15) is 9.59 Å². The van der Waals surface area contributed by atoms with Gasteiger partial charge in [0.25, 0.3) is 0 Å². The molecular weight excluding hydrogens is 340 g/mol. The summed E-state index contributed by atoms with van der Waals surface area (Å²) >= 11 is 0. The number of nitrogens with zero attached hydrogens (tertiary/aromatic N) is 1. The Hall–Kier alpha value is -2.82. The highest BCUT2D eigenvalue weighted by Crippen LogP contribution is 2.34. The molecule has 0 aromatic heterocycles. The molecule has 142 valence electrons. The van der Waals surface area contributed by atoms with Crippen molar-refractivity contribution in [2.75, 3.05) is 11.4 Å². The maximum atomic E-state index is 12.7.